The summed E-state index contributed by atoms with van der Waals surface area (Å²) in [6, 6.07) is 7.64. The largest absolute Gasteiger partial charge is 0.478 e. The van der Waals surface area contributed by atoms with Crippen LogP contribution in [0, 0.1) is 0 Å². The predicted octanol–water partition coefficient (Wildman–Crippen LogP) is 1.37. The molecule has 6 heteroatoms. The number of carbonyl (C=O) groups excluding carboxylic acids is 1. The molecule has 0 spiro atoms. The van der Waals surface area contributed by atoms with Gasteiger partial charge in [0.2, 0.25) is 0 Å². The highest BCUT2D eigenvalue weighted by molar-refractivity contribution is 6.03. The highest BCUT2D eigenvalue weighted by Crippen LogP contribution is 2.12. The van der Waals surface area contributed by atoms with E-state index in [1.165, 1.54) is 23.0 Å². The number of aromatic nitrogens is 2. The third-order valence-corrected chi connectivity index (χ3v) is 2.42. The summed E-state index contributed by atoms with van der Waals surface area (Å²) in [5, 5.41) is 15.3. The molecule has 92 valence electrons. The molecule has 1 amide bonds. The van der Waals surface area contributed by atoms with Crippen LogP contribution in [0.15, 0.2) is 36.5 Å². The van der Waals surface area contributed by atoms with Gasteiger partial charge >= 0.3 is 5.97 Å². The Morgan fingerprint density at radius 1 is 1.33 bits per heavy atom. The molecule has 1 aromatic heterocycles. The van der Waals surface area contributed by atoms with Crippen LogP contribution in [0.3, 0.4) is 0 Å². The molecule has 6 nitrogen and oxygen atoms in total. The molecule has 1 aromatic carbocycles. The Bertz CT molecular complexity index is 604. The van der Waals surface area contributed by atoms with Crippen LogP contribution in [0.4, 0.5) is 5.69 Å². The van der Waals surface area contributed by atoms with Crippen molar-refractivity contribution in [1.29, 1.82) is 0 Å². The summed E-state index contributed by atoms with van der Waals surface area (Å²) in [4.78, 5) is 22.7. The third kappa shape index (κ3) is 2.37. The minimum atomic E-state index is -1.04. The molecule has 0 fully saturated rings. The van der Waals surface area contributed by atoms with E-state index in [0.29, 0.717) is 11.4 Å². The van der Waals surface area contributed by atoms with E-state index in [4.69, 9.17) is 5.11 Å². The number of anilines is 1. The maximum absolute atomic E-state index is 11.9. The molecule has 0 aliphatic heterocycles. The monoisotopic (exact) mass is 245 g/mol. The van der Waals surface area contributed by atoms with Crippen molar-refractivity contribution >= 4 is 17.6 Å². The van der Waals surface area contributed by atoms with E-state index in [2.05, 4.69) is 10.4 Å². The van der Waals surface area contributed by atoms with Gasteiger partial charge in [-0.3, -0.25) is 9.48 Å². The zero-order chi connectivity index (χ0) is 13.1. The number of carboxylic acid groups (broad SMARTS) is 1. The Hall–Kier alpha value is -2.63. The minimum absolute atomic E-state index is 0.123. The van der Waals surface area contributed by atoms with E-state index in [9.17, 15) is 9.59 Å². The van der Waals surface area contributed by atoms with Gasteiger partial charge in [-0.1, -0.05) is 6.07 Å². The number of aryl methyl sites for hydroxylation is 1. The highest BCUT2D eigenvalue weighted by atomic mass is 16.4. The molecule has 0 saturated heterocycles. The van der Waals surface area contributed by atoms with Crippen molar-refractivity contribution in [1.82, 2.24) is 9.78 Å². The number of carboxylic acids is 1. The van der Waals surface area contributed by atoms with Gasteiger partial charge in [-0.05, 0) is 24.3 Å². The zero-order valence-electron chi connectivity index (χ0n) is 9.62. The SMILES string of the molecule is Cn1nccc1C(=O)Nc1cccc(C(=O)O)c1. The smallest absolute Gasteiger partial charge is 0.335 e. The predicted molar refractivity (Wildman–Crippen MR) is 64.6 cm³/mol. The normalized spacial score (nSPS) is 10.1. The second kappa shape index (κ2) is 4.70. The lowest BCUT2D eigenvalue weighted by atomic mass is 10.2. The second-order valence-corrected chi connectivity index (χ2v) is 3.68. The Kier molecular flexibility index (Phi) is 3.09. The van der Waals surface area contributed by atoms with Gasteiger partial charge in [0, 0.05) is 18.9 Å². The maximum Gasteiger partial charge on any atom is 0.335 e. The molecule has 2 rings (SSSR count). The lowest BCUT2D eigenvalue weighted by molar-refractivity contribution is 0.0696. The molecule has 0 unspecified atom stereocenters. The van der Waals surface area contributed by atoms with Crippen molar-refractivity contribution in [3.8, 4) is 0 Å². The highest BCUT2D eigenvalue weighted by Gasteiger charge is 2.11. The van der Waals surface area contributed by atoms with Crippen LogP contribution >= 0.6 is 0 Å². The first-order valence-corrected chi connectivity index (χ1v) is 5.20. The van der Waals surface area contributed by atoms with E-state index >= 15 is 0 Å². The average molecular weight is 245 g/mol. The second-order valence-electron chi connectivity index (χ2n) is 3.68. The molecule has 0 atom stereocenters. The molecule has 18 heavy (non-hydrogen) atoms. The molecule has 1 heterocycles. The number of aromatic carboxylic acids is 1. The van der Waals surface area contributed by atoms with Gasteiger partial charge in [-0.2, -0.15) is 5.10 Å². The van der Waals surface area contributed by atoms with Crippen molar-refractivity contribution in [2.24, 2.45) is 7.05 Å². The quantitative estimate of drug-likeness (QED) is 0.855. The number of benzene rings is 1. The van der Waals surface area contributed by atoms with Crippen molar-refractivity contribution in [2.75, 3.05) is 5.32 Å². The summed E-state index contributed by atoms with van der Waals surface area (Å²) in [6.07, 6.45) is 1.52. The molecular formula is C12H11N3O3. The standard InChI is InChI=1S/C12H11N3O3/c1-15-10(5-6-13-15)11(16)14-9-4-2-3-8(7-9)12(17)18/h2-7H,1H3,(H,14,16)(H,17,18). The number of hydrogen-bond acceptors (Lipinski definition) is 3. The zero-order valence-corrected chi connectivity index (χ0v) is 9.62. The number of amides is 1. The van der Waals surface area contributed by atoms with E-state index in [1.807, 2.05) is 0 Å². The van der Waals surface area contributed by atoms with Crippen LogP contribution in [0.25, 0.3) is 0 Å². The van der Waals surface area contributed by atoms with Crippen molar-refractivity contribution in [3.63, 3.8) is 0 Å². The Morgan fingerprint density at radius 2 is 2.11 bits per heavy atom. The third-order valence-electron chi connectivity index (χ3n) is 2.42. The summed E-state index contributed by atoms with van der Waals surface area (Å²) >= 11 is 0. The fraction of sp³-hybridized carbons (Fsp3) is 0.0833. The van der Waals surface area contributed by atoms with E-state index < -0.39 is 5.97 Å². The number of hydrogen-bond donors (Lipinski definition) is 2. The van der Waals surface area contributed by atoms with Crippen molar-refractivity contribution in [2.45, 2.75) is 0 Å². The lowest BCUT2D eigenvalue weighted by Gasteiger charge is -2.06. The van der Waals surface area contributed by atoms with Crippen LogP contribution in [0.5, 0.6) is 0 Å². The molecule has 2 aromatic rings. The Morgan fingerprint density at radius 3 is 2.72 bits per heavy atom. The Balaban J connectivity index is 2.20. The summed E-state index contributed by atoms with van der Waals surface area (Å²) in [5.41, 5.74) is 0.953. The van der Waals surface area contributed by atoms with Gasteiger partial charge in [-0.25, -0.2) is 4.79 Å². The van der Waals surface area contributed by atoms with Crippen LogP contribution < -0.4 is 5.32 Å². The molecule has 0 radical (unpaired) electrons. The number of nitrogens with zero attached hydrogens (tertiary/aromatic N) is 2. The topological polar surface area (TPSA) is 84.2 Å². The fourth-order valence-corrected chi connectivity index (χ4v) is 1.52. The van der Waals surface area contributed by atoms with Crippen LogP contribution in [-0.2, 0) is 7.05 Å². The number of carbonyl (C=O) groups is 2. The molecule has 0 saturated carbocycles. The van der Waals surface area contributed by atoms with Gasteiger partial charge in [0.15, 0.2) is 0 Å². The first-order chi connectivity index (χ1) is 8.58. The number of nitrogens with one attached hydrogen (secondary N) is 1. The summed E-state index contributed by atoms with van der Waals surface area (Å²) in [7, 11) is 1.66. The van der Waals surface area contributed by atoms with Gasteiger partial charge in [-0.15, -0.1) is 0 Å². The van der Waals surface area contributed by atoms with Crippen molar-refractivity contribution in [3.05, 3.63) is 47.8 Å². The van der Waals surface area contributed by atoms with Crippen LogP contribution in [0.1, 0.15) is 20.8 Å². The van der Waals surface area contributed by atoms with Gasteiger partial charge < -0.3 is 10.4 Å². The first kappa shape index (κ1) is 11.8. The van der Waals surface area contributed by atoms with E-state index in [0.717, 1.165) is 0 Å². The molecule has 0 aliphatic carbocycles. The van der Waals surface area contributed by atoms with Crippen LogP contribution in [-0.4, -0.2) is 26.8 Å². The van der Waals surface area contributed by atoms with Gasteiger partial charge in [0.1, 0.15) is 5.69 Å². The van der Waals surface area contributed by atoms with Crippen molar-refractivity contribution < 1.29 is 14.7 Å². The molecule has 0 bridgehead atoms. The average Bonchev–Trinajstić information content (AvgIpc) is 2.76. The van der Waals surface area contributed by atoms with E-state index in [1.54, 1.807) is 25.2 Å². The molecular weight excluding hydrogens is 234 g/mol. The molecule has 2 N–H and O–H groups in total. The first-order valence-electron chi connectivity index (χ1n) is 5.20. The van der Waals surface area contributed by atoms with Gasteiger partial charge in [0.05, 0.1) is 5.56 Å². The maximum atomic E-state index is 11.9. The molecule has 0 aliphatic rings. The Labute approximate surface area is 103 Å². The minimum Gasteiger partial charge on any atom is -0.478 e. The fourth-order valence-electron chi connectivity index (χ4n) is 1.52. The van der Waals surface area contributed by atoms with Gasteiger partial charge in [0.25, 0.3) is 5.91 Å². The van der Waals surface area contributed by atoms with E-state index in [-0.39, 0.29) is 11.5 Å². The van der Waals surface area contributed by atoms with Crippen LogP contribution in [0.2, 0.25) is 0 Å². The summed E-state index contributed by atoms with van der Waals surface area (Å²) < 4.78 is 1.44. The summed E-state index contributed by atoms with van der Waals surface area (Å²) in [5.74, 6) is -1.37. The lowest BCUT2D eigenvalue weighted by Crippen LogP contribution is -2.16. The number of rotatable bonds is 3. The summed E-state index contributed by atoms with van der Waals surface area (Å²) in [6.45, 7) is 0.